The van der Waals surface area contributed by atoms with E-state index in [1.807, 2.05) is 37.2 Å². The minimum atomic E-state index is -0.263. The molecule has 1 rings (SSSR count). The van der Waals surface area contributed by atoms with Gasteiger partial charge in [0.1, 0.15) is 6.61 Å². The predicted molar refractivity (Wildman–Crippen MR) is 85.9 cm³/mol. The number of unbranched alkanes of at least 4 members (excludes halogenated alkanes) is 1. The van der Waals surface area contributed by atoms with Gasteiger partial charge in [0.05, 0.1) is 5.56 Å². The molecule has 4 nitrogen and oxygen atoms in total. The van der Waals surface area contributed by atoms with Crippen LogP contribution in [0.3, 0.4) is 0 Å². The van der Waals surface area contributed by atoms with Gasteiger partial charge in [-0.2, -0.15) is 0 Å². The van der Waals surface area contributed by atoms with Crippen LogP contribution in [0.2, 0.25) is 0 Å². The number of rotatable bonds is 8. The molecule has 0 aromatic heterocycles. The highest BCUT2D eigenvalue weighted by atomic mass is 35.5. The Kier molecular flexibility index (Phi) is 9.86. The zero-order valence-corrected chi connectivity index (χ0v) is 13.3. The molecule has 0 heterocycles. The number of ether oxygens (including phenoxy) is 1. The monoisotopic (exact) mass is 300 g/mol. The number of halogens is 1. The van der Waals surface area contributed by atoms with Crippen LogP contribution < -0.4 is 5.32 Å². The first-order valence-electron chi connectivity index (χ1n) is 6.80. The van der Waals surface area contributed by atoms with Crippen molar-refractivity contribution >= 4 is 24.1 Å². The summed E-state index contributed by atoms with van der Waals surface area (Å²) in [6.07, 6.45) is 2.21. The molecule has 0 aliphatic heterocycles. The van der Waals surface area contributed by atoms with Crippen molar-refractivity contribution in [2.45, 2.75) is 19.8 Å². The van der Waals surface area contributed by atoms with E-state index < -0.39 is 0 Å². The Morgan fingerprint density at radius 1 is 1.30 bits per heavy atom. The summed E-state index contributed by atoms with van der Waals surface area (Å²) in [6, 6.07) is 7.49. The molecule has 0 saturated heterocycles. The normalized spacial score (nSPS) is 10.0. The average Bonchev–Trinajstić information content (AvgIpc) is 2.39. The third-order valence-corrected chi connectivity index (χ3v) is 2.76. The molecule has 1 aromatic carbocycles. The molecule has 1 N–H and O–H groups in total. The maximum Gasteiger partial charge on any atom is 0.340 e. The van der Waals surface area contributed by atoms with Gasteiger partial charge in [-0.05, 0) is 32.6 Å². The second kappa shape index (κ2) is 10.5. The van der Waals surface area contributed by atoms with Crippen molar-refractivity contribution < 1.29 is 9.53 Å². The first-order chi connectivity index (χ1) is 9.15. The molecule has 0 unspecified atom stereocenters. The summed E-state index contributed by atoms with van der Waals surface area (Å²) in [7, 11) is 3.90. The van der Waals surface area contributed by atoms with Crippen LogP contribution >= 0.6 is 12.4 Å². The van der Waals surface area contributed by atoms with Gasteiger partial charge in [0.2, 0.25) is 0 Å². The minimum absolute atomic E-state index is 0. The van der Waals surface area contributed by atoms with E-state index in [0.717, 1.165) is 31.6 Å². The van der Waals surface area contributed by atoms with Gasteiger partial charge >= 0.3 is 5.97 Å². The van der Waals surface area contributed by atoms with Crippen LogP contribution in [0.25, 0.3) is 0 Å². The molecule has 1 aromatic rings. The Balaban J connectivity index is 0.00000361. The molecule has 0 amide bonds. The summed E-state index contributed by atoms with van der Waals surface area (Å²) in [6.45, 7) is 4.16. The Labute approximate surface area is 127 Å². The average molecular weight is 301 g/mol. The van der Waals surface area contributed by atoms with Crippen LogP contribution in [0.1, 0.15) is 30.1 Å². The van der Waals surface area contributed by atoms with Gasteiger partial charge < -0.3 is 15.0 Å². The Bertz CT molecular complexity index is 397. The molecule has 0 atom stereocenters. The summed E-state index contributed by atoms with van der Waals surface area (Å²) >= 11 is 0. The molecular formula is C15H25ClN2O2. The molecule has 0 radical (unpaired) electrons. The topological polar surface area (TPSA) is 41.6 Å². The van der Waals surface area contributed by atoms with Gasteiger partial charge in [0, 0.05) is 18.8 Å². The molecular weight excluding hydrogens is 276 g/mol. The predicted octanol–water partition coefficient (Wildman–Crippen LogP) is 3.04. The quantitative estimate of drug-likeness (QED) is 0.592. The summed E-state index contributed by atoms with van der Waals surface area (Å²) in [5, 5.41) is 3.28. The fourth-order valence-electron chi connectivity index (χ4n) is 1.61. The molecule has 114 valence electrons. The van der Waals surface area contributed by atoms with Crippen LogP contribution in [0.15, 0.2) is 24.3 Å². The number of nitrogens with zero attached hydrogens (tertiary/aromatic N) is 1. The van der Waals surface area contributed by atoms with Crippen molar-refractivity contribution in [2.75, 3.05) is 39.1 Å². The molecule has 0 saturated carbocycles. The van der Waals surface area contributed by atoms with Gasteiger partial charge in [-0.1, -0.05) is 25.5 Å². The van der Waals surface area contributed by atoms with Crippen LogP contribution in [0.5, 0.6) is 0 Å². The third kappa shape index (κ3) is 6.78. The van der Waals surface area contributed by atoms with Crippen molar-refractivity contribution in [3.8, 4) is 0 Å². The van der Waals surface area contributed by atoms with Gasteiger partial charge in [-0.15, -0.1) is 12.4 Å². The number of benzene rings is 1. The summed E-state index contributed by atoms with van der Waals surface area (Å²) in [4.78, 5) is 14.0. The zero-order chi connectivity index (χ0) is 14.1. The fourth-order valence-corrected chi connectivity index (χ4v) is 1.61. The second-order valence-electron chi connectivity index (χ2n) is 4.77. The lowest BCUT2D eigenvalue weighted by molar-refractivity contribution is 0.0483. The smallest absolute Gasteiger partial charge is 0.340 e. The van der Waals surface area contributed by atoms with E-state index in [1.165, 1.54) is 0 Å². The lowest BCUT2D eigenvalue weighted by Crippen LogP contribution is -2.20. The Morgan fingerprint density at radius 2 is 2.00 bits per heavy atom. The molecule has 5 heteroatoms. The number of carbonyl (C=O) groups is 1. The lowest BCUT2D eigenvalue weighted by atomic mass is 10.1. The van der Waals surface area contributed by atoms with E-state index in [-0.39, 0.29) is 18.4 Å². The molecule has 0 aliphatic carbocycles. The number of likely N-dealkylation sites (N-methyl/N-ethyl adjacent to an activating group) is 1. The summed E-state index contributed by atoms with van der Waals surface area (Å²) < 4.78 is 5.27. The number of nitrogens with one attached hydrogen (secondary N) is 1. The summed E-state index contributed by atoms with van der Waals surface area (Å²) in [5.74, 6) is -0.263. The van der Waals surface area contributed by atoms with E-state index >= 15 is 0 Å². The van der Waals surface area contributed by atoms with E-state index in [9.17, 15) is 4.79 Å². The van der Waals surface area contributed by atoms with Crippen molar-refractivity contribution in [1.29, 1.82) is 0 Å². The number of carbonyl (C=O) groups excluding carboxylic acids is 1. The number of hydrogen-bond acceptors (Lipinski definition) is 4. The maximum atomic E-state index is 12.0. The number of esters is 1. The zero-order valence-electron chi connectivity index (χ0n) is 12.5. The Morgan fingerprint density at radius 3 is 2.65 bits per heavy atom. The number of para-hydroxylation sites is 1. The standard InChI is InChI=1S/C15H24N2O2.ClH/c1-4-5-10-16-14-9-7-6-8-13(14)15(18)19-12-11-17(2)3;/h6-9,16H,4-5,10-12H2,1-3H3;1H. The van der Waals surface area contributed by atoms with Gasteiger partial charge in [-0.3, -0.25) is 0 Å². The van der Waals surface area contributed by atoms with E-state index in [0.29, 0.717) is 12.2 Å². The van der Waals surface area contributed by atoms with Gasteiger partial charge in [0.15, 0.2) is 0 Å². The SMILES string of the molecule is CCCCNc1ccccc1C(=O)OCCN(C)C.Cl. The van der Waals surface area contributed by atoms with Gasteiger partial charge in [-0.25, -0.2) is 4.79 Å². The van der Waals surface area contributed by atoms with Crippen molar-refractivity contribution in [2.24, 2.45) is 0 Å². The third-order valence-electron chi connectivity index (χ3n) is 2.76. The highest BCUT2D eigenvalue weighted by Gasteiger charge is 2.11. The number of hydrogen-bond donors (Lipinski definition) is 1. The maximum absolute atomic E-state index is 12.0. The highest BCUT2D eigenvalue weighted by Crippen LogP contribution is 2.16. The van der Waals surface area contributed by atoms with Crippen LogP contribution in [-0.2, 0) is 4.74 Å². The van der Waals surface area contributed by atoms with E-state index in [2.05, 4.69) is 12.2 Å². The first-order valence-corrected chi connectivity index (χ1v) is 6.80. The largest absolute Gasteiger partial charge is 0.461 e. The first kappa shape index (κ1) is 18.7. The fraction of sp³-hybridized carbons (Fsp3) is 0.533. The molecule has 0 spiro atoms. The van der Waals surface area contributed by atoms with Crippen molar-refractivity contribution in [1.82, 2.24) is 4.90 Å². The van der Waals surface area contributed by atoms with Crippen LogP contribution in [0, 0.1) is 0 Å². The Hall–Kier alpha value is -1.26. The summed E-state index contributed by atoms with van der Waals surface area (Å²) in [5.41, 5.74) is 1.46. The van der Waals surface area contributed by atoms with Crippen molar-refractivity contribution in [3.63, 3.8) is 0 Å². The van der Waals surface area contributed by atoms with Crippen LogP contribution in [0.4, 0.5) is 5.69 Å². The molecule has 0 fully saturated rings. The molecule has 0 aliphatic rings. The highest BCUT2D eigenvalue weighted by molar-refractivity contribution is 5.95. The van der Waals surface area contributed by atoms with Crippen molar-refractivity contribution in [3.05, 3.63) is 29.8 Å². The van der Waals surface area contributed by atoms with Gasteiger partial charge in [0.25, 0.3) is 0 Å². The molecule has 0 bridgehead atoms. The van der Waals surface area contributed by atoms with Crippen LogP contribution in [-0.4, -0.2) is 44.7 Å². The number of anilines is 1. The van der Waals surface area contributed by atoms with E-state index in [1.54, 1.807) is 6.07 Å². The lowest BCUT2D eigenvalue weighted by Gasteiger charge is -2.13. The second-order valence-corrected chi connectivity index (χ2v) is 4.77. The molecule has 20 heavy (non-hydrogen) atoms. The van der Waals surface area contributed by atoms with E-state index in [4.69, 9.17) is 4.74 Å². The minimum Gasteiger partial charge on any atom is -0.461 e.